The molecule has 2 aromatic carbocycles. The molecule has 4 rings (SSSR count). The molecule has 1 aliphatic heterocycles. The third kappa shape index (κ3) is 3.13. The third-order valence-corrected chi connectivity index (χ3v) is 4.68. The van der Waals surface area contributed by atoms with Crippen molar-refractivity contribution < 1.29 is 4.79 Å². The van der Waals surface area contributed by atoms with E-state index in [1.165, 1.54) is 5.56 Å². The van der Waals surface area contributed by atoms with Crippen molar-refractivity contribution in [3.63, 3.8) is 0 Å². The topological polar surface area (TPSA) is 58.1 Å². The summed E-state index contributed by atoms with van der Waals surface area (Å²) in [7, 11) is 0. The lowest BCUT2D eigenvalue weighted by Crippen LogP contribution is -2.26. The van der Waals surface area contributed by atoms with Gasteiger partial charge in [-0.25, -0.2) is 9.97 Å². The van der Waals surface area contributed by atoms with Crippen LogP contribution in [-0.4, -0.2) is 21.9 Å². The molecule has 2 heterocycles. The Bertz CT molecular complexity index is 941. The first-order valence-corrected chi connectivity index (χ1v) is 8.76. The van der Waals surface area contributed by atoms with Gasteiger partial charge in [-0.2, -0.15) is 0 Å². The van der Waals surface area contributed by atoms with E-state index in [0.717, 1.165) is 12.1 Å². The zero-order chi connectivity index (χ0) is 18.1. The normalized spacial score (nSPS) is 15.6. The molecule has 0 spiro atoms. The van der Waals surface area contributed by atoms with Gasteiger partial charge < -0.3 is 10.2 Å². The van der Waals surface area contributed by atoms with Gasteiger partial charge in [0.25, 0.3) is 5.91 Å². The lowest BCUT2D eigenvalue weighted by atomic mass is 10.1. The molecule has 1 unspecified atom stereocenters. The molecule has 1 N–H and O–H groups in total. The summed E-state index contributed by atoms with van der Waals surface area (Å²) in [6, 6.07) is 15.5. The molecule has 0 bridgehead atoms. The molecule has 0 fully saturated rings. The Kier molecular flexibility index (Phi) is 4.31. The minimum absolute atomic E-state index is 0.256. The number of anilines is 3. The highest BCUT2D eigenvalue weighted by Crippen LogP contribution is 2.36. The van der Waals surface area contributed by atoms with Gasteiger partial charge in [-0.3, -0.25) is 4.79 Å². The van der Waals surface area contributed by atoms with Crippen LogP contribution in [0.4, 0.5) is 17.3 Å². The van der Waals surface area contributed by atoms with Gasteiger partial charge in [0, 0.05) is 34.8 Å². The molecular weight excluding hydrogens is 348 g/mol. The molecule has 1 atom stereocenters. The standard InChI is InChI=1S/C20H17ClN4O/c1-13-10-14-4-2-3-5-18(14)25(13)20-22-11-15(12-23-20)19(26)24-17-8-6-16(21)7-9-17/h2-9,11-13H,10H2,1H3,(H,24,26). The predicted octanol–water partition coefficient (Wildman–Crippen LogP) is 4.47. The number of nitrogens with one attached hydrogen (secondary N) is 1. The Hall–Kier alpha value is -2.92. The molecule has 1 aromatic heterocycles. The summed E-state index contributed by atoms with van der Waals surface area (Å²) in [5, 5.41) is 3.43. The van der Waals surface area contributed by atoms with Crippen LogP contribution in [0.5, 0.6) is 0 Å². The smallest absolute Gasteiger partial charge is 0.258 e. The summed E-state index contributed by atoms with van der Waals surface area (Å²) in [5.74, 6) is 0.347. The quantitative estimate of drug-likeness (QED) is 0.745. The summed E-state index contributed by atoms with van der Waals surface area (Å²) in [5.41, 5.74) is 3.49. The van der Waals surface area contributed by atoms with E-state index < -0.39 is 0 Å². The van der Waals surface area contributed by atoms with Gasteiger partial charge in [-0.15, -0.1) is 0 Å². The molecule has 6 heteroatoms. The number of carbonyl (C=O) groups excluding carboxylic acids is 1. The monoisotopic (exact) mass is 364 g/mol. The van der Waals surface area contributed by atoms with E-state index in [1.54, 1.807) is 36.7 Å². The van der Waals surface area contributed by atoms with Gasteiger partial charge in [0.05, 0.1) is 5.56 Å². The zero-order valence-electron chi connectivity index (χ0n) is 14.2. The molecule has 3 aromatic rings. The molecule has 130 valence electrons. The van der Waals surface area contributed by atoms with Crippen molar-refractivity contribution in [2.45, 2.75) is 19.4 Å². The number of amides is 1. The fraction of sp³-hybridized carbons (Fsp3) is 0.150. The lowest BCUT2D eigenvalue weighted by Gasteiger charge is -2.22. The van der Waals surface area contributed by atoms with Gasteiger partial charge in [0.2, 0.25) is 5.95 Å². The van der Waals surface area contributed by atoms with Crippen LogP contribution in [0.2, 0.25) is 5.02 Å². The highest BCUT2D eigenvalue weighted by molar-refractivity contribution is 6.30. The number of benzene rings is 2. The van der Waals surface area contributed by atoms with Crippen LogP contribution in [0.1, 0.15) is 22.8 Å². The van der Waals surface area contributed by atoms with E-state index in [0.29, 0.717) is 22.2 Å². The van der Waals surface area contributed by atoms with Crippen LogP contribution >= 0.6 is 11.6 Å². The molecule has 1 aliphatic rings. The average Bonchev–Trinajstić information content (AvgIpc) is 2.99. The maximum absolute atomic E-state index is 12.4. The molecule has 0 aliphatic carbocycles. The highest BCUT2D eigenvalue weighted by Gasteiger charge is 2.28. The number of carbonyl (C=O) groups is 1. The lowest BCUT2D eigenvalue weighted by molar-refractivity contribution is 0.102. The number of hydrogen-bond acceptors (Lipinski definition) is 4. The largest absolute Gasteiger partial charge is 0.322 e. The summed E-state index contributed by atoms with van der Waals surface area (Å²) < 4.78 is 0. The van der Waals surface area contributed by atoms with E-state index in [2.05, 4.69) is 39.2 Å². The van der Waals surface area contributed by atoms with Crippen LogP contribution in [0.15, 0.2) is 60.9 Å². The van der Waals surface area contributed by atoms with Crippen molar-refractivity contribution in [3.05, 3.63) is 77.1 Å². The van der Waals surface area contributed by atoms with Gasteiger partial charge in [-0.05, 0) is 49.2 Å². The van der Waals surface area contributed by atoms with E-state index in [4.69, 9.17) is 11.6 Å². The van der Waals surface area contributed by atoms with Crippen molar-refractivity contribution in [2.24, 2.45) is 0 Å². The number of fused-ring (bicyclic) bond motifs is 1. The van der Waals surface area contributed by atoms with Crippen molar-refractivity contribution in [3.8, 4) is 0 Å². The predicted molar refractivity (Wildman–Crippen MR) is 103 cm³/mol. The second kappa shape index (κ2) is 6.77. The van der Waals surface area contributed by atoms with Crippen molar-refractivity contribution in [1.82, 2.24) is 9.97 Å². The van der Waals surface area contributed by atoms with Crippen LogP contribution < -0.4 is 10.2 Å². The van der Waals surface area contributed by atoms with Crippen molar-refractivity contribution in [2.75, 3.05) is 10.2 Å². The Balaban J connectivity index is 1.53. The fourth-order valence-electron chi connectivity index (χ4n) is 3.17. The Morgan fingerprint density at radius 3 is 2.54 bits per heavy atom. The van der Waals surface area contributed by atoms with Gasteiger partial charge >= 0.3 is 0 Å². The van der Waals surface area contributed by atoms with Crippen LogP contribution in [0.3, 0.4) is 0 Å². The Labute approximate surface area is 156 Å². The Morgan fingerprint density at radius 1 is 1.12 bits per heavy atom. The summed E-state index contributed by atoms with van der Waals surface area (Å²) in [4.78, 5) is 23.3. The van der Waals surface area contributed by atoms with E-state index >= 15 is 0 Å². The first-order chi connectivity index (χ1) is 12.6. The number of rotatable bonds is 3. The van der Waals surface area contributed by atoms with E-state index in [-0.39, 0.29) is 11.9 Å². The van der Waals surface area contributed by atoms with Crippen molar-refractivity contribution >= 4 is 34.8 Å². The number of nitrogens with zero attached hydrogens (tertiary/aromatic N) is 3. The minimum atomic E-state index is -0.256. The maximum Gasteiger partial charge on any atom is 0.258 e. The van der Waals surface area contributed by atoms with Gasteiger partial charge in [0.15, 0.2) is 0 Å². The average molecular weight is 365 g/mol. The van der Waals surface area contributed by atoms with Crippen molar-refractivity contribution in [1.29, 1.82) is 0 Å². The number of hydrogen-bond donors (Lipinski definition) is 1. The van der Waals surface area contributed by atoms with Crippen LogP contribution in [-0.2, 0) is 6.42 Å². The highest BCUT2D eigenvalue weighted by atomic mass is 35.5. The molecule has 0 radical (unpaired) electrons. The molecular formula is C20H17ClN4O. The number of para-hydroxylation sites is 1. The van der Waals surface area contributed by atoms with Crippen LogP contribution in [0, 0.1) is 0 Å². The molecule has 0 saturated heterocycles. The molecule has 5 nitrogen and oxygen atoms in total. The molecule has 1 amide bonds. The summed E-state index contributed by atoms with van der Waals surface area (Å²) in [6.45, 7) is 2.14. The molecule has 0 saturated carbocycles. The van der Waals surface area contributed by atoms with E-state index in [1.807, 2.05) is 12.1 Å². The van der Waals surface area contributed by atoms with E-state index in [9.17, 15) is 4.79 Å². The third-order valence-electron chi connectivity index (χ3n) is 4.43. The summed E-state index contributed by atoms with van der Waals surface area (Å²) in [6.07, 6.45) is 4.07. The Morgan fingerprint density at radius 2 is 1.81 bits per heavy atom. The molecule has 26 heavy (non-hydrogen) atoms. The second-order valence-electron chi connectivity index (χ2n) is 6.28. The maximum atomic E-state index is 12.4. The zero-order valence-corrected chi connectivity index (χ0v) is 14.9. The first-order valence-electron chi connectivity index (χ1n) is 8.38. The SMILES string of the molecule is CC1Cc2ccccc2N1c1ncc(C(=O)Nc2ccc(Cl)cc2)cn1. The van der Waals surface area contributed by atoms with Gasteiger partial charge in [-0.1, -0.05) is 29.8 Å². The fourth-order valence-corrected chi connectivity index (χ4v) is 3.30. The van der Waals surface area contributed by atoms with Crippen LogP contribution in [0.25, 0.3) is 0 Å². The summed E-state index contributed by atoms with van der Waals surface area (Å²) >= 11 is 5.86. The minimum Gasteiger partial charge on any atom is -0.322 e. The van der Waals surface area contributed by atoms with Gasteiger partial charge in [0.1, 0.15) is 0 Å². The second-order valence-corrected chi connectivity index (χ2v) is 6.72. The number of aromatic nitrogens is 2. The number of halogens is 1. The first kappa shape index (κ1) is 16.5.